The Kier molecular flexibility index (Phi) is 2.67. The van der Waals surface area contributed by atoms with Crippen molar-refractivity contribution in [3.05, 3.63) is 41.7 Å². The predicted octanol–water partition coefficient (Wildman–Crippen LogP) is 3.08. The fourth-order valence-corrected chi connectivity index (χ4v) is 2.01. The summed E-state index contributed by atoms with van der Waals surface area (Å²) in [6.45, 7) is 1.85. The fraction of sp³-hybridized carbons (Fsp3) is 0.143. The van der Waals surface area contributed by atoms with Gasteiger partial charge >= 0.3 is 0 Å². The summed E-state index contributed by atoms with van der Waals surface area (Å²) in [5.41, 5.74) is 3.09. The molecule has 2 aromatic heterocycles. The first-order chi connectivity index (χ1) is 9.17. The lowest BCUT2D eigenvalue weighted by molar-refractivity contribution is 0.399. The van der Waals surface area contributed by atoms with Crippen LogP contribution in [0.25, 0.3) is 22.6 Å². The van der Waals surface area contributed by atoms with Crippen LogP contribution in [0.5, 0.6) is 5.88 Å². The molecule has 0 saturated heterocycles. The van der Waals surface area contributed by atoms with Crippen molar-refractivity contribution in [2.45, 2.75) is 6.92 Å². The number of pyridine rings is 1. The van der Waals surface area contributed by atoms with E-state index in [0.29, 0.717) is 17.4 Å². The van der Waals surface area contributed by atoms with Gasteiger partial charge in [-0.25, -0.2) is 9.37 Å². The number of nitrogens with one attached hydrogen (secondary N) is 1. The zero-order valence-corrected chi connectivity index (χ0v) is 10.6. The number of methoxy groups -OCH3 is 1. The highest BCUT2D eigenvalue weighted by molar-refractivity contribution is 5.77. The second kappa shape index (κ2) is 4.35. The second-order valence-electron chi connectivity index (χ2n) is 4.27. The summed E-state index contributed by atoms with van der Waals surface area (Å²) in [6, 6.07) is 8.23. The molecule has 3 rings (SSSR count). The molecule has 0 unspecified atom stereocenters. The first-order valence-electron chi connectivity index (χ1n) is 5.84. The third-order valence-corrected chi connectivity index (χ3v) is 2.97. The molecule has 0 radical (unpaired) electrons. The van der Waals surface area contributed by atoms with Crippen molar-refractivity contribution < 1.29 is 9.13 Å². The molecule has 4 nitrogen and oxygen atoms in total. The first kappa shape index (κ1) is 11.6. The number of rotatable bonds is 2. The summed E-state index contributed by atoms with van der Waals surface area (Å²) < 4.78 is 18.2. The molecule has 0 fully saturated rings. The monoisotopic (exact) mass is 257 g/mol. The van der Waals surface area contributed by atoms with Crippen LogP contribution >= 0.6 is 0 Å². The van der Waals surface area contributed by atoms with E-state index in [1.807, 2.05) is 13.0 Å². The Balaban J connectivity index is 2.14. The van der Waals surface area contributed by atoms with Crippen LogP contribution in [0.3, 0.4) is 0 Å². The van der Waals surface area contributed by atoms with Crippen molar-refractivity contribution in [2.24, 2.45) is 0 Å². The molecule has 5 heteroatoms. The molecular weight excluding hydrogens is 245 g/mol. The van der Waals surface area contributed by atoms with Crippen LogP contribution in [0.4, 0.5) is 4.39 Å². The predicted molar refractivity (Wildman–Crippen MR) is 70.6 cm³/mol. The molecule has 0 spiro atoms. The third kappa shape index (κ3) is 2.03. The van der Waals surface area contributed by atoms with Crippen LogP contribution < -0.4 is 4.74 Å². The molecule has 1 N–H and O–H groups in total. The number of imidazole rings is 1. The molecule has 0 atom stereocenters. The molecule has 96 valence electrons. The largest absolute Gasteiger partial charge is 0.481 e. The van der Waals surface area contributed by atoms with Gasteiger partial charge in [-0.2, -0.15) is 4.98 Å². The van der Waals surface area contributed by atoms with Gasteiger partial charge in [0.05, 0.1) is 12.6 Å². The highest BCUT2D eigenvalue weighted by Crippen LogP contribution is 2.24. The van der Waals surface area contributed by atoms with Crippen LogP contribution in [0.15, 0.2) is 30.3 Å². The van der Waals surface area contributed by atoms with Crippen molar-refractivity contribution in [2.75, 3.05) is 7.11 Å². The molecule has 0 amide bonds. The van der Waals surface area contributed by atoms with E-state index in [9.17, 15) is 4.39 Å². The number of fused-ring (bicyclic) bond motifs is 1. The van der Waals surface area contributed by atoms with E-state index in [1.165, 1.54) is 12.1 Å². The molecule has 2 heterocycles. The Morgan fingerprint density at radius 2 is 2.00 bits per heavy atom. The summed E-state index contributed by atoms with van der Waals surface area (Å²) in [7, 11) is 1.56. The SMILES string of the molecule is COc1ccc2[nH]c(-c3ccc(F)cc3C)nc2n1. The average Bonchev–Trinajstić information content (AvgIpc) is 2.80. The van der Waals surface area contributed by atoms with Crippen LogP contribution in [0.1, 0.15) is 5.56 Å². The van der Waals surface area contributed by atoms with Gasteiger partial charge in [0.1, 0.15) is 11.6 Å². The number of ether oxygens (including phenoxy) is 1. The maximum absolute atomic E-state index is 13.1. The van der Waals surface area contributed by atoms with Crippen molar-refractivity contribution in [3.63, 3.8) is 0 Å². The highest BCUT2D eigenvalue weighted by Gasteiger charge is 2.10. The van der Waals surface area contributed by atoms with E-state index in [0.717, 1.165) is 16.6 Å². The molecule has 3 aromatic rings. The quantitative estimate of drug-likeness (QED) is 0.767. The molecule has 0 bridgehead atoms. The van der Waals surface area contributed by atoms with Crippen molar-refractivity contribution in [1.29, 1.82) is 0 Å². The zero-order chi connectivity index (χ0) is 13.4. The van der Waals surface area contributed by atoms with Gasteiger partial charge in [0.25, 0.3) is 0 Å². The minimum atomic E-state index is -0.253. The van der Waals surface area contributed by atoms with Crippen LogP contribution in [-0.4, -0.2) is 22.1 Å². The molecule has 1 aromatic carbocycles. The summed E-state index contributed by atoms with van der Waals surface area (Å²) >= 11 is 0. The number of aromatic nitrogens is 3. The van der Waals surface area contributed by atoms with Gasteiger partial charge in [-0.15, -0.1) is 0 Å². The molecule has 19 heavy (non-hydrogen) atoms. The molecule has 0 aliphatic heterocycles. The number of halogens is 1. The number of hydrogen-bond acceptors (Lipinski definition) is 3. The van der Waals surface area contributed by atoms with Crippen LogP contribution in [0.2, 0.25) is 0 Å². The maximum Gasteiger partial charge on any atom is 0.215 e. The summed E-state index contributed by atoms with van der Waals surface area (Å²) in [5.74, 6) is 0.937. The number of nitrogens with zero attached hydrogens (tertiary/aromatic N) is 2. The third-order valence-electron chi connectivity index (χ3n) is 2.97. The Hall–Kier alpha value is -2.43. The fourth-order valence-electron chi connectivity index (χ4n) is 2.01. The normalized spacial score (nSPS) is 10.9. The lowest BCUT2D eigenvalue weighted by Crippen LogP contribution is -1.87. The minimum Gasteiger partial charge on any atom is -0.481 e. The van der Waals surface area contributed by atoms with Crippen molar-refractivity contribution in [1.82, 2.24) is 15.0 Å². The van der Waals surface area contributed by atoms with Crippen LogP contribution in [0, 0.1) is 12.7 Å². The lowest BCUT2D eigenvalue weighted by atomic mass is 10.1. The second-order valence-corrected chi connectivity index (χ2v) is 4.27. The molecule has 0 aliphatic rings. The van der Waals surface area contributed by atoms with E-state index in [-0.39, 0.29) is 5.82 Å². The Labute approximate surface area is 109 Å². The maximum atomic E-state index is 13.1. The van der Waals surface area contributed by atoms with E-state index in [4.69, 9.17) is 4.74 Å². The van der Waals surface area contributed by atoms with E-state index >= 15 is 0 Å². The van der Waals surface area contributed by atoms with Gasteiger partial charge in [-0.1, -0.05) is 0 Å². The Morgan fingerprint density at radius 1 is 1.16 bits per heavy atom. The van der Waals surface area contributed by atoms with Crippen molar-refractivity contribution in [3.8, 4) is 17.3 Å². The number of hydrogen-bond donors (Lipinski definition) is 1. The number of H-pyrrole nitrogens is 1. The minimum absolute atomic E-state index is 0.253. The number of aromatic amines is 1. The lowest BCUT2D eigenvalue weighted by Gasteiger charge is -2.01. The summed E-state index contributed by atoms with van der Waals surface area (Å²) in [6.07, 6.45) is 0. The van der Waals surface area contributed by atoms with E-state index in [2.05, 4.69) is 15.0 Å². The van der Waals surface area contributed by atoms with Gasteiger partial charge in [0, 0.05) is 11.6 Å². The van der Waals surface area contributed by atoms with Crippen molar-refractivity contribution >= 4 is 11.2 Å². The standard InChI is InChI=1S/C14H12FN3O/c1-8-7-9(15)3-4-10(8)13-16-11-5-6-12(19-2)17-14(11)18-13/h3-7H,1-2H3,(H,16,17,18). The smallest absolute Gasteiger partial charge is 0.215 e. The average molecular weight is 257 g/mol. The summed E-state index contributed by atoms with van der Waals surface area (Å²) in [5, 5.41) is 0. The van der Waals surface area contributed by atoms with Crippen LogP contribution in [-0.2, 0) is 0 Å². The molecular formula is C14H12FN3O. The van der Waals surface area contributed by atoms with Gasteiger partial charge in [0.15, 0.2) is 5.65 Å². The van der Waals surface area contributed by atoms with Gasteiger partial charge in [-0.05, 0) is 36.8 Å². The molecule has 0 aliphatic carbocycles. The van der Waals surface area contributed by atoms with E-state index in [1.54, 1.807) is 19.2 Å². The zero-order valence-electron chi connectivity index (χ0n) is 10.6. The topological polar surface area (TPSA) is 50.8 Å². The van der Waals surface area contributed by atoms with Gasteiger partial charge < -0.3 is 9.72 Å². The van der Waals surface area contributed by atoms with E-state index < -0.39 is 0 Å². The summed E-state index contributed by atoms with van der Waals surface area (Å²) in [4.78, 5) is 11.8. The molecule has 0 saturated carbocycles. The number of aryl methyl sites for hydroxylation is 1. The Bertz CT molecular complexity index is 752. The number of benzene rings is 1. The highest BCUT2D eigenvalue weighted by atomic mass is 19.1. The first-order valence-corrected chi connectivity index (χ1v) is 5.84. The Morgan fingerprint density at radius 3 is 2.74 bits per heavy atom. The van der Waals surface area contributed by atoms with Gasteiger partial charge in [0.2, 0.25) is 5.88 Å². The van der Waals surface area contributed by atoms with Gasteiger partial charge in [-0.3, -0.25) is 0 Å².